The molecule has 1 aliphatic rings. The minimum Gasteiger partial charge on any atom is -0.261 e. The van der Waals surface area contributed by atoms with Gasteiger partial charge >= 0.3 is 11.8 Å². The Kier molecular flexibility index (Phi) is 1.64. The Balaban J connectivity index is 2.50. The fourth-order valence-electron chi connectivity index (χ4n) is 1.42. The molecule has 2 heterocycles. The molecule has 1 aromatic carbocycles. The van der Waals surface area contributed by atoms with Crippen LogP contribution in [0.15, 0.2) is 34.3 Å². The number of carbonyl (C=O) groups is 2. The summed E-state index contributed by atoms with van der Waals surface area (Å²) in [6, 6.07) is 7.10. The van der Waals surface area contributed by atoms with Gasteiger partial charge in [-0.2, -0.15) is 9.98 Å². The Hall–Kier alpha value is -2.50. The van der Waals surface area contributed by atoms with Crippen molar-refractivity contribution < 1.29 is 9.59 Å². The van der Waals surface area contributed by atoms with Crippen molar-refractivity contribution in [2.75, 3.05) is 0 Å². The number of nitrogens with zero attached hydrogens (tertiary/aromatic N) is 4. The average Bonchev–Trinajstić information content (AvgIpc) is 2.28. The van der Waals surface area contributed by atoms with Gasteiger partial charge in [0.25, 0.3) is 0 Å². The fraction of sp³-hybridized carbons (Fsp3) is 0. The Morgan fingerprint density at radius 2 is 1.19 bits per heavy atom. The second kappa shape index (κ2) is 2.99. The molecule has 0 radical (unpaired) electrons. The van der Waals surface area contributed by atoms with Crippen LogP contribution in [0.3, 0.4) is 0 Å². The molecule has 3 rings (SSSR count). The first-order valence-corrected chi connectivity index (χ1v) is 4.52. The Bertz CT molecular complexity index is 686. The van der Waals surface area contributed by atoms with Crippen molar-refractivity contribution >= 4 is 22.8 Å². The number of benzene rings is 1. The van der Waals surface area contributed by atoms with Gasteiger partial charge in [-0.15, -0.1) is 0 Å². The lowest BCUT2D eigenvalue weighted by Gasteiger charge is -1.98. The van der Waals surface area contributed by atoms with Crippen LogP contribution in [-0.4, -0.2) is 21.8 Å². The van der Waals surface area contributed by atoms with E-state index in [1.807, 2.05) is 0 Å². The van der Waals surface area contributed by atoms with Crippen molar-refractivity contribution in [3.8, 4) is 0 Å². The van der Waals surface area contributed by atoms with Crippen LogP contribution in [-0.2, 0) is 9.59 Å². The van der Waals surface area contributed by atoms with E-state index in [1.165, 1.54) is 0 Å². The van der Waals surface area contributed by atoms with Crippen molar-refractivity contribution in [1.82, 2.24) is 9.97 Å². The zero-order valence-corrected chi connectivity index (χ0v) is 7.91. The third kappa shape index (κ3) is 1.20. The average molecular weight is 212 g/mol. The van der Waals surface area contributed by atoms with E-state index in [0.717, 1.165) is 0 Å². The highest BCUT2D eigenvalue weighted by Gasteiger charge is 2.16. The van der Waals surface area contributed by atoms with Gasteiger partial charge in [-0.05, 0) is 12.1 Å². The Morgan fingerprint density at radius 1 is 0.750 bits per heavy atom. The molecule has 2 amide bonds. The van der Waals surface area contributed by atoms with Crippen molar-refractivity contribution in [1.29, 1.82) is 0 Å². The summed E-state index contributed by atoms with van der Waals surface area (Å²) >= 11 is 0. The van der Waals surface area contributed by atoms with Gasteiger partial charge in [0.15, 0.2) is 0 Å². The molecular formula is C10H4N4O2. The predicted octanol–water partition coefficient (Wildman–Crippen LogP) is -1.06. The van der Waals surface area contributed by atoms with Crippen LogP contribution in [0.5, 0.6) is 0 Å². The normalized spacial score (nSPS) is 14.2. The fourth-order valence-corrected chi connectivity index (χ4v) is 1.42. The first kappa shape index (κ1) is 8.78. The molecule has 16 heavy (non-hydrogen) atoms. The summed E-state index contributed by atoms with van der Waals surface area (Å²) in [5.74, 6) is -1.81. The van der Waals surface area contributed by atoms with Crippen LogP contribution < -0.4 is 11.0 Å². The zero-order chi connectivity index (χ0) is 11.1. The maximum atomic E-state index is 11.0. The predicted molar refractivity (Wildman–Crippen MR) is 51.9 cm³/mol. The van der Waals surface area contributed by atoms with E-state index in [1.54, 1.807) is 24.3 Å². The molecule has 0 saturated carbocycles. The third-order valence-corrected chi connectivity index (χ3v) is 2.13. The smallest absolute Gasteiger partial charge is 0.261 e. The van der Waals surface area contributed by atoms with Crippen LogP contribution in [0, 0.1) is 0 Å². The summed E-state index contributed by atoms with van der Waals surface area (Å²) in [6.45, 7) is 0. The van der Waals surface area contributed by atoms with Gasteiger partial charge in [0, 0.05) is 0 Å². The minimum atomic E-state index is -0.905. The number of hydrogen-bond donors (Lipinski definition) is 0. The summed E-state index contributed by atoms with van der Waals surface area (Å²) in [5.41, 5.74) is 1.43. The van der Waals surface area contributed by atoms with Crippen LogP contribution in [0.1, 0.15) is 0 Å². The molecular weight excluding hydrogens is 208 g/mol. The monoisotopic (exact) mass is 212 g/mol. The number of para-hydroxylation sites is 2. The Labute approximate surface area is 88.4 Å². The van der Waals surface area contributed by atoms with Crippen molar-refractivity contribution in [2.24, 2.45) is 9.98 Å². The molecule has 0 bridgehead atoms. The summed E-state index contributed by atoms with van der Waals surface area (Å²) in [6.07, 6.45) is 0. The molecule has 6 heteroatoms. The number of hydrogen-bond acceptors (Lipinski definition) is 4. The molecule has 76 valence electrons. The van der Waals surface area contributed by atoms with E-state index < -0.39 is 11.8 Å². The van der Waals surface area contributed by atoms with E-state index in [0.29, 0.717) is 11.0 Å². The quantitative estimate of drug-likeness (QED) is 0.521. The van der Waals surface area contributed by atoms with E-state index in [2.05, 4.69) is 20.0 Å². The number of aromatic nitrogens is 2. The van der Waals surface area contributed by atoms with Crippen LogP contribution in [0.2, 0.25) is 0 Å². The molecule has 0 atom stereocenters. The van der Waals surface area contributed by atoms with Crippen molar-refractivity contribution in [2.45, 2.75) is 0 Å². The SMILES string of the molecule is O=C1N=c2nc3ccccc3nc2=NC1=O. The summed E-state index contributed by atoms with van der Waals surface area (Å²) in [7, 11) is 0. The highest BCUT2D eigenvalue weighted by Crippen LogP contribution is 2.02. The van der Waals surface area contributed by atoms with Gasteiger partial charge in [0.05, 0.1) is 11.0 Å². The lowest BCUT2D eigenvalue weighted by molar-refractivity contribution is -0.135. The molecule has 0 aliphatic carbocycles. The molecule has 0 unspecified atom stereocenters. The van der Waals surface area contributed by atoms with Gasteiger partial charge in [-0.25, -0.2) is 9.97 Å². The molecule has 1 aromatic heterocycles. The van der Waals surface area contributed by atoms with E-state index in [4.69, 9.17) is 0 Å². The van der Waals surface area contributed by atoms with Gasteiger partial charge in [0.2, 0.25) is 11.0 Å². The number of rotatable bonds is 0. The van der Waals surface area contributed by atoms with Crippen molar-refractivity contribution in [3.63, 3.8) is 0 Å². The molecule has 2 aromatic rings. The first-order chi connectivity index (χ1) is 7.74. The first-order valence-electron chi connectivity index (χ1n) is 4.52. The van der Waals surface area contributed by atoms with E-state index >= 15 is 0 Å². The second-order valence-electron chi connectivity index (χ2n) is 3.19. The largest absolute Gasteiger partial charge is 0.339 e. The van der Waals surface area contributed by atoms with Gasteiger partial charge in [-0.1, -0.05) is 12.1 Å². The molecule has 1 aliphatic heterocycles. The standard InChI is InChI=1S/C10H4N4O2/c15-9-10(16)14-8-7(13-9)11-5-3-1-2-4-6(5)12-8/h1-4H. The van der Waals surface area contributed by atoms with Crippen LogP contribution >= 0.6 is 0 Å². The highest BCUT2D eigenvalue weighted by molar-refractivity contribution is 6.36. The van der Waals surface area contributed by atoms with Crippen LogP contribution in [0.4, 0.5) is 0 Å². The van der Waals surface area contributed by atoms with Gasteiger partial charge in [-0.3, -0.25) is 9.59 Å². The highest BCUT2D eigenvalue weighted by atomic mass is 16.2. The molecule has 0 N–H and O–H groups in total. The minimum absolute atomic E-state index is 0.100. The molecule has 6 nitrogen and oxygen atoms in total. The number of carbonyl (C=O) groups excluding carboxylic acids is 2. The third-order valence-electron chi connectivity index (χ3n) is 2.13. The lowest BCUT2D eigenvalue weighted by atomic mass is 10.3. The second-order valence-corrected chi connectivity index (χ2v) is 3.19. The lowest BCUT2D eigenvalue weighted by Crippen LogP contribution is -2.39. The van der Waals surface area contributed by atoms with E-state index in [-0.39, 0.29) is 11.0 Å². The van der Waals surface area contributed by atoms with Crippen LogP contribution in [0.25, 0.3) is 11.0 Å². The Morgan fingerprint density at radius 3 is 1.62 bits per heavy atom. The molecule has 0 saturated heterocycles. The van der Waals surface area contributed by atoms with Crippen molar-refractivity contribution in [3.05, 3.63) is 35.2 Å². The van der Waals surface area contributed by atoms with Gasteiger partial charge in [0.1, 0.15) is 0 Å². The maximum absolute atomic E-state index is 11.0. The van der Waals surface area contributed by atoms with Gasteiger partial charge < -0.3 is 0 Å². The molecule has 0 spiro atoms. The number of fused-ring (bicyclic) bond motifs is 2. The summed E-state index contributed by atoms with van der Waals surface area (Å²) in [5, 5.41) is 0. The molecule has 0 fully saturated rings. The summed E-state index contributed by atoms with van der Waals surface area (Å²) in [4.78, 5) is 37.3. The van der Waals surface area contributed by atoms with E-state index in [9.17, 15) is 9.59 Å². The summed E-state index contributed by atoms with van der Waals surface area (Å²) < 4.78 is 0. The zero-order valence-electron chi connectivity index (χ0n) is 7.91. The maximum Gasteiger partial charge on any atom is 0.339 e. The number of amides is 2. The topological polar surface area (TPSA) is 84.6 Å².